The third-order valence-electron chi connectivity index (χ3n) is 6.88. The van der Waals surface area contributed by atoms with E-state index in [0.29, 0.717) is 50.2 Å². The van der Waals surface area contributed by atoms with E-state index in [1.165, 1.54) is 17.0 Å². The number of anilines is 1. The van der Waals surface area contributed by atoms with Crippen LogP contribution in [0.3, 0.4) is 0 Å². The molecule has 0 bridgehead atoms. The van der Waals surface area contributed by atoms with Crippen LogP contribution in [0.4, 0.5) is 19.1 Å². The Labute approximate surface area is 242 Å². The zero-order valence-corrected chi connectivity index (χ0v) is 25.2. The van der Waals surface area contributed by atoms with Gasteiger partial charge in [-0.25, -0.2) is 14.6 Å². The average molecular weight is 608 g/mol. The van der Waals surface area contributed by atoms with Gasteiger partial charge in [-0.05, 0) is 18.5 Å². The molecule has 4 heterocycles. The fraction of sp³-hybridized carbons (Fsp3) is 0.519. The van der Waals surface area contributed by atoms with Crippen molar-refractivity contribution >= 4 is 30.8 Å². The predicted octanol–water partition coefficient (Wildman–Crippen LogP) is 3.51. The predicted molar refractivity (Wildman–Crippen MR) is 154 cm³/mol. The molecule has 42 heavy (non-hydrogen) atoms. The highest BCUT2D eigenvalue weighted by Crippen LogP contribution is 2.28. The fourth-order valence-corrected chi connectivity index (χ4v) is 5.19. The molecule has 1 amide bonds. The molecule has 0 saturated carbocycles. The average Bonchev–Trinajstić information content (AvgIpc) is 3.26. The van der Waals surface area contributed by atoms with Crippen LogP contribution in [0.25, 0.3) is 10.9 Å². The van der Waals surface area contributed by atoms with Crippen molar-refractivity contribution in [2.24, 2.45) is 0 Å². The summed E-state index contributed by atoms with van der Waals surface area (Å²) < 4.78 is 52.6. The van der Waals surface area contributed by atoms with Gasteiger partial charge in [-0.3, -0.25) is 9.59 Å². The van der Waals surface area contributed by atoms with Gasteiger partial charge in [0, 0.05) is 65.5 Å². The van der Waals surface area contributed by atoms with Gasteiger partial charge in [-0.2, -0.15) is 18.3 Å². The molecule has 4 rings (SSSR count). The molecule has 3 aromatic rings. The number of ether oxygens (including phenoxy) is 2. The number of aromatic nitrogens is 5. The summed E-state index contributed by atoms with van der Waals surface area (Å²) in [5.41, 5.74) is 0.432. The number of carbonyl (C=O) groups excluding carboxylic acids is 1. The van der Waals surface area contributed by atoms with Crippen LogP contribution in [-0.4, -0.2) is 82.6 Å². The minimum atomic E-state index is -4.49. The number of carbonyl (C=O) groups is 1. The zero-order chi connectivity index (χ0) is 30.5. The summed E-state index contributed by atoms with van der Waals surface area (Å²) in [6.45, 7) is 11.7. The van der Waals surface area contributed by atoms with Crippen LogP contribution in [0.15, 0.2) is 41.9 Å². The molecule has 1 fully saturated rings. The second-order valence-corrected chi connectivity index (χ2v) is 16.9. The van der Waals surface area contributed by atoms with Crippen molar-refractivity contribution in [1.82, 2.24) is 29.2 Å². The summed E-state index contributed by atoms with van der Waals surface area (Å²) in [7, 11) is -1.22. The van der Waals surface area contributed by atoms with Crippen molar-refractivity contribution in [3.8, 4) is 0 Å². The second kappa shape index (κ2) is 13.1. The van der Waals surface area contributed by atoms with Crippen LogP contribution in [0, 0.1) is 6.92 Å². The summed E-state index contributed by atoms with van der Waals surface area (Å²) in [6.07, 6.45) is 3.24. The van der Waals surface area contributed by atoms with Gasteiger partial charge in [-0.15, -0.1) is 0 Å². The molecule has 1 saturated heterocycles. The number of halogens is 3. The van der Waals surface area contributed by atoms with Crippen LogP contribution >= 0.6 is 0 Å². The standard InChI is InChI=1S/C27H36F3N7O4Si/c1-20-18-36(22-17-33-37(25(39)24(20)22)19-41-13-14-42(2,3)4)10-12-40-11-5-23(38)34-6-8-35(9-7-34)26-31-15-21(16-32-26)27(28,29)30/h5,11,15-18H,6-10,12-14,19H2,1-4H3. The van der Waals surface area contributed by atoms with E-state index in [4.69, 9.17) is 9.47 Å². The molecule has 0 unspecified atom stereocenters. The highest BCUT2D eigenvalue weighted by Gasteiger charge is 2.32. The monoisotopic (exact) mass is 607 g/mol. The van der Waals surface area contributed by atoms with Gasteiger partial charge in [0.1, 0.15) is 13.3 Å². The largest absolute Gasteiger partial charge is 0.499 e. The zero-order valence-electron chi connectivity index (χ0n) is 24.2. The Bertz CT molecular complexity index is 1460. The Morgan fingerprint density at radius 3 is 2.40 bits per heavy atom. The van der Waals surface area contributed by atoms with E-state index < -0.39 is 19.8 Å². The third-order valence-corrected chi connectivity index (χ3v) is 8.59. The molecule has 228 valence electrons. The summed E-state index contributed by atoms with van der Waals surface area (Å²) >= 11 is 0. The molecule has 0 N–H and O–H groups in total. The van der Waals surface area contributed by atoms with Crippen molar-refractivity contribution in [1.29, 1.82) is 0 Å². The fourth-order valence-electron chi connectivity index (χ4n) is 4.43. The molecule has 1 aliphatic rings. The number of piperazine rings is 1. The summed E-state index contributed by atoms with van der Waals surface area (Å²) in [4.78, 5) is 36.5. The second-order valence-electron chi connectivity index (χ2n) is 11.3. The molecule has 1 aliphatic heterocycles. The van der Waals surface area contributed by atoms with Crippen LogP contribution in [-0.2, 0) is 33.7 Å². The smallest absolute Gasteiger partial charge is 0.419 e. The molecule has 11 nitrogen and oxygen atoms in total. The Kier molecular flexibility index (Phi) is 9.71. The molecule has 15 heteroatoms. The van der Waals surface area contributed by atoms with Gasteiger partial charge in [0.25, 0.3) is 5.56 Å². The van der Waals surface area contributed by atoms with Crippen LogP contribution in [0.5, 0.6) is 0 Å². The summed E-state index contributed by atoms with van der Waals surface area (Å²) in [6, 6.07) is 1.01. The molecule has 0 aromatic carbocycles. The lowest BCUT2D eigenvalue weighted by Gasteiger charge is -2.34. The molecule has 3 aromatic heterocycles. The Morgan fingerprint density at radius 1 is 1.07 bits per heavy atom. The molecular weight excluding hydrogens is 571 g/mol. The Morgan fingerprint density at radius 2 is 1.76 bits per heavy atom. The molecule has 0 aliphatic carbocycles. The van der Waals surface area contributed by atoms with E-state index in [1.54, 1.807) is 16.0 Å². The highest BCUT2D eigenvalue weighted by molar-refractivity contribution is 6.76. The van der Waals surface area contributed by atoms with Crippen molar-refractivity contribution in [3.63, 3.8) is 0 Å². The highest BCUT2D eigenvalue weighted by atomic mass is 28.3. The number of fused-ring (bicyclic) bond motifs is 1. The van der Waals surface area contributed by atoms with Gasteiger partial charge in [-0.1, -0.05) is 19.6 Å². The minimum Gasteiger partial charge on any atom is -0.499 e. The van der Waals surface area contributed by atoms with E-state index in [1.807, 2.05) is 17.7 Å². The Balaban J connectivity index is 1.23. The van der Waals surface area contributed by atoms with Crippen LogP contribution < -0.4 is 10.5 Å². The maximum Gasteiger partial charge on any atom is 0.419 e. The normalized spacial score (nSPS) is 14.7. The topological polar surface area (TPSA) is 108 Å². The van der Waals surface area contributed by atoms with Gasteiger partial charge >= 0.3 is 6.18 Å². The number of hydrogen-bond acceptors (Lipinski definition) is 8. The lowest BCUT2D eigenvalue weighted by molar-refractivity contribution is -0.138. The first-order chi connectivity index (χ1) is 19.8. The first-order valence-corrected chi connectivity index (χ1v) is 17.4. The Hall–Kier alpha value is -3.72. The van der Waals surface area contributed by atoms with Crippen molar-refractivity contribution in [3.05, 3.63) is 58.6 Å². The van der Waals surface area contributed by atoms with Crippen molar-refractivity contribution in [2.45, 2.75) is 52.1 Å². The molecule has 0 atom stereocenters. The minimum absolute atomic E-state index is 0.115. The number of rotatable bonds is 11. The first kappa shape index (κ1) is 31.2. The van der Waals surface area contributed by atoms with E-state index in [0.717, 1.165) is 24.0 Å². The quantitative estimate of drug-likeness (QED) is 0.141. The van der Waals surface area contributed by atoms with E-state index >= 15 is 0 Å². The van der Waals surface area contributed by atoms with Gasteiger partial charge in [0.15, 0.2) is 0 Å². The van der Waals surface area contributed by atoms with Gasteiger partial charge in [0.2, 0.25) is 11.9 Å². The lowest BCUT2D eigenvalue weighted by atomic mass is 10.2. The summed E-state index contributed by atoms with van der Waals surface area (Å²) in [5.74, 6) is -0.0382. The summed E-state index contributed by atoms with van der Waals surface area (Å²) in [5, 5.41) is 4.87. The lowest BCUT2D eigenvalue weighted by Crippen LogP contribution is -2.48. The number of aryl methyl sites for hydroxylation is 1. The number of hydrogen-bond donors (Lipinski definition) is 0. The van der Waals surface area contributed by atoms with E-state index in [2.05, 4.69) is 34.7 Å². The molecule has 0 spiro atoms. The third kappa shape index (κ3) is 7.97. The van der Waals surface area contributed by atoms with E-state index in [-0.39, 0.29) is 30.8 Å². The van der Waals surface area contributed by atoms with Crippen LogP contribution in [0.1, 0.15) is 11.1 Å². The van der Waals surface area contributed by atoms with E-state index in [9.17, 15) is 22.8 Å². The maximum atomic E-state index is 13.0. The van der Waals surface area contributed by atoms with Crippen molar-refractivity contribution < 1.29 is 27.4 Å². The maximum absolute atomic E-state index is 13.0. The molecular formula is C27H36F3N7O4Si. The van der Waals surface area contributed by atoms with Gasteiger partial charge in [0.05, 0.1) is 35.5 Å². The number of amides is 1. The van der Waals surface area contributed by atoms with Gasteiger partial charge < -0.3 is 23.8 Å². The van der Waals surface area contributed by atoms with Crippen LogP contribution in [0.2, 0.25) is 25.7 Å². The first-order valence-electron chi connectivity index (χ1n) is 13.7. The number of nitrogens with zero attached hydrogens (tertiary/aromatic N) is 7. The molecule has 0 radical (unpaired) electrons. The SMILES string of the molecule is Cc1cn(CCOC=CC(=O)N2CCN(c3ncc(C(F)(F)F)cn3)CC2)c2cnn(COCC[Si](C)(C)C)c(=O)c12. The number of alkyl halides is 3. The van der Waals surface area contributed by atoms with Crippen molar-refractivity contribution in [2.75, 3.05) is 44.3 Å².